The summed E-state index contributed by atoms with van der Waals surface area (Å²) in [5, 5.41) is 12.8. The number of tetrazole rings is 1. The Labute approximate surface area is 158 Å². The van der Waals surface area contributed by atoms with Gasteiger partial charge in [-0.2, -0.15) is 0 Å². The quantitative estimate of drug-likeness (QED) is 0.518. The van der Waals surface area contributed by atoms with Crippen LogP contribution in [-0.2, 0) is 4.74 Å². The predicted octanol–water partition coefficient (Wildman–Crippen LogP) is 3.39. The molecular formula is C18H27N5O2S. The molecule has 1 saturated carbocycles. The van der Waals surface area contributed by atoms with Gasteiger partial charge in [0.15, 0.2) is 5.78 Å². The molecule has 7 nitrogen and oxygen atoms in total. The van der Waals surface area contributed by atoms with Gasteiger partial charge < -0.3 is 9.30 Å². The van der Waals surface area contributed by atoms with Crippen LogP contribution < -0.4 is 0 Å². The Kier molecular flexibility index (Phi) is 6.13. The van der Waals surface area contributed by atoms with E-state index in [2.05, 4.69) is 27.0 Å². The van der Waals surface area contributed by atoms with Crippen LogP contribution in [-0.4, -0.2) is 50.0 Å². The number of thioether (sulfide) groups is 1. The van der Waals surface area contributed by atoms with Crippen molar-refractivity contribution < 1.29 is 9.53 Å². The number of aromatic nitrogens is 5. The highest BCUT2D eigenvalue weighted by Crippen LogP contribution is 2.31. The number of rotatable bonds is 8. The smallest absolute Gasteiger partial charge is 0.210 e. The minimum atomic E-state index is 0.111. The van der Waals surface area contributed by atoms with Crippen molar-refractivity contribution in [2.24, 2.45) is 0 Å². The summed E-state index contributed by atoms with van der Waals surface area (Å²) >= 11 is 1.43. The van der Waals surface area contributed by atoms with E-state index in [9.17, 15) is 4.79 Å². The van der Waals surface area contributed by atoms with Crippen LogP contribution in [0.4, 0.5) is 0 Å². The van der Waals surface area contributed by atoms with Crippen LogP contribution in [0.2, 0.25) is 0 Å². The molecule has 0 unspecified atom stereocenters. The van der Waals surface area contributed by atoms with E-state index >= 15 is 0 Å². The first-order valence-electron chi connectivity index (χ1n) is 9.14. The van der Waals surface area contributed by atoms with Gasteiger partial charge in [-0.15, -0.1) is 5.10 Å². The third kappa shape index (κ3) is 3.86. The highest BCUT2D eigenvalue weighted by molar-refractivity contribution is 7.99. The summed E-state index contributed by atoms with van der Waals surface area (Å²) in [4.78, 5) is 12.8. The Morgan fingerprint density at radius 1 is 1.38 bits per heavy atom. The zero-order valence-electron chi connectivity index (χ0n) is 15.9. The molecule has 2 heterocycles. The Bertz CT molecular complexity index is 764. The van der Waals surface area contributed by atoms with Crippen molar-refractivity contribution in [3.8, 4) is 0 Å². The molecule has 0 bridgehead atoms. The lowest BCUT2D eigenvalue weighted by atomic mass is 10.2. The van der Waals surface area contributed by atoms with E-state index in [-0.39, 0.29) is 11.8 Å². The van der Waals surface area contributed by atoms with Crippen molar-refractivity contribution >= 4 is 17.5 Å². The molecule has 26 heavy (non-hydrogen) atoms. The standard InChI is InChI=1S/C18H27N5O2S/c1-12-9-16(14(3)22(12)13(2)10-25-4)17(24)11-26-18-19-20-21-23(18)15-7-5-6-8-15/h9,13,15H,5-8,10-11H2,1-4H3/t13-/m1/s1. The number of nitrogens with zero attached hydrogens (tertiary/aromatic N) is 5. The molecule has 0 radical (unpaired) electrons. The molecule has 0 aliphatic heterocycles. The molecule has 8 heteroatoms. The van der Waals surface area contributed by atoms with Crippen molar-refractivity contribution in [1.82, 2.24) is 24.8 Å². The highest BCUT2D eigenvalue weighted by atomic mass is 32.2. The summed E-state index contributed by atoms with van der Waals surface area (Å²) in [5.74, 6) is 0.454. The fourth-order valence-electron chi connectivity index (χ4n) is 3.92. The van der Waals surface area contributed by atoms with E-state index in [1.165, 1.54) is 24.6 Å². The van der Waals surface area contributed by atoms with Crippen molar-refractivity contribution in [2.45, 2.75) is 63.7 Å². The second-order valence-electron chi connectivity index (χ2n) is 7.02. The van der Waals surface area contributed by atoms with Crippen LogP contribution in [0.15, 0.2) is 11.2 Å². The minimum absolute atomic E-state index is 0.111. The van der Waals surface area contributed by atoms with E-state index in [1.54, 1.807) is 7.11 Å². The molecule has 1 aliphatic carbocycles. The fraction of sp³-hybridized carbons (Fsp3) is 0.667. The van der Waals surface area contributed by atoms with Gasteiger partial charge in [0.25, 0.3) is 0 Å². The SMILES string of the molecule is COC[C@@H](C)n1c(C)cc(C(=O)CSc2nnnn2C2CCCC2)c1C. The van der Waals surface area contributed by atoms with Gasteiger partial charge in [-0.25, -0.2) is 4.68 Å². The minimum Gasteiger partial charge on any atom is -0.383 e. The summed E-state index contributed by atoms with van der Waals surface area (Å²) in [6, 6.07) is 2.55. The highest BCUT2D eigenvalue weighted by Gasteiger charge is 2.23. The maximum absolute atomic E-state index is 12.8. The lowest BCUT2D eigenvalue weighted by Gasteiger charge is -2.17. The lowest BCUT2D eigenvalue weighted by molar-refractivity contribution is 0.102. The molecule has 142 valence electrons. The number of ether oxygens (including phenoxy) is 1. The number of Topliss-reactive ketones (excluding diaryl/α,β-unsaturated/α-hetero) is 1. The van der Waals surface area contributed by atoms with Crippen LogP contribution in [0.3, 0.4) is 0 Å². The van der Waals surface area contributed by atoms with Crippen molar-refractivity contribution in [3.63, 3.8) is 0 Å². The largest absolute Gasteiger partial charge is 0.383 e. The summed E-state index contributed by atoms with van der Waals surface area (Å²) in [6.45, 7) is 6.75. The average molecular weight is 378 g/mol. The van der Waals surface area contributed by atoms with E-state index in [4.69, 9.17) is 4.74 Å². The van der Waals surface area contributed by atoms with Crippen molar-refractivity contribution in [2.75, 3.05) is 19.5 Å². The van der Waals surface area contributed by atoms with Crippen LogP contribution in [0.1, 0.15) is 66.4 Å². The second-order valence-corrected chi connectivity index (χ2v) is 7.96. The summed E-state index contributed by atoms with van der Waals surface area (Å²) < 4.78 is 9.33. The zero-order chi connectivity index (χ0) is 18.7. The molecule has 0 N–H and O–H groups in total. The predicted molar refractivity (Wildman–Crippen MR) is 101 cm³/mol. The Morgan fingerprint density at radius 3 is 2.81 bits per heavy atom. The first-order chi connectivity index (χ1) is 12.5. The summed E-state index contributed by atoms with van der Waals surface area (Å²) in [7, 11) is 1.70. The number of methoxy groups -OCH3 is 1. The molecule has 0 spiro atoms. The number of carbonyl (C=O) groups is 1. The first kappa shape index (κ1) is 19.1. The average Bonchev–Trinajstić information content (AvgIpc) is 3.32. The van der Waals surface area contributed by atoms with Gasteiger partial charge in [-0.1, -0.05) is 24.6 Å². The van der Waals surface area contributed by atoms with E-state index in [0.717, 1.165) is 34.9 Å². The second kappa shape index (κ2) is 8.35. The molecule has 1 fully saturated rings. The van der Waals surface area contributed by atoms with Crippen LogP contribution in [0.5, 0.6) is 0 Å². The van der Waals surface area contributed by atoms with Gasteiger partial charge in [0.1, 0.15) is 0 Å². The molecule has 0 aromatic carbocycles. The maximum Gasteiger partial charge on any atom is 0.210 e. The van der Waals surface area contributed by atoms with E-state index in [1.807, 2.05) is 24.6 Å². The van der Waals surface area contributed by atoms with Gasteiger partial charge in [-0.3, -0.25) is 4.79 Å². The van der Waals surface area contributed by atoms with Crippen molar-refractivity contribution in [1.29, 1.82) is 0 Å². The van der Waals surface area contributed by atoms with E-state index < -0.39 is 0 Å². The Balaban J connectivity index is 1.70. The van der Waals surface area contributed by atoms with Gasteiger partial charge in [0, 0.05) is 24.1 Å². The van der Waals surface area contributed by atoms with Gasteiger partial charge in [0.05, 0.1) is 24.4 Å². The lowest BCUT2D eigenvalue weighted by Crippen LogP contribution is -2.15. The molecule has 2 aromatic rings. The number of ketones is 1. The fourth-order valence-corrected chi connectivity index (χ4v) is 4.75. The molecule has 2 aromatic heterocycles. The van der Waals surface area contributed by atoms with Crippen LogP contribution in [0.25, 0.3) is 0 Å². The third-order valence-corrected chi connectivity index (χ3v) is 6.03. The molecular weight excluding hydrogens is 350 g/mol. The van der Waals surface area contributed by atoms with Crippen LogP contribution in [0, 0.1) is 13.8 Å². The summed E-state index contributed by atoms with van der Waals surface area (Å²) in [5.41, 5.74) is 2.85. The Morgan fingerprint density at radius 2 is 2.12 bits per heavy atom. The third-order valence-electron chi connectivity index (χ3n) is 5.10. The first-order valence-corrected chi connectivity index (χ1v) is 10.1. The maximum atomic E-state index is 12.8. The molecule has 0 amide bonds. The van der Waals surface area contributed by atoms with Crippen LogP contribution >= 0.6 is 11.8 Å². The Hall–Kier alpha value is -1.67. The molecule has 0 saturated heterocycles. The van der Waals surface area contributed by atoms with Gasteiger partial charge >= 0.3 is 0 Å². The summed E-state index contributed by atoms with van der Waals surface area (Å²) in [6.07, 6.45) is 4.68. The molecule has 3 rings (SSSR count). The van der Waals surface area contributed by atoms with Gasteiger partial charge in [0.2, 0.25) is 5.16 Å². The topological polar surface area (TPSA) is 74.8 Å². The molecule has 1 atom stereocenters. The van der Waals surface area contributed by atoms with Crippen molar-refractivity contribution in [3.05, 3.63) is 23.0 Å². The normalized spacial score (nSPS) is 16.3. The van der Waals surface area contributed by atoms with Gasteiger partial charge in [-0.05, 0) is 50.1 Å². The molecule has 1 aliphatic rings. The number of hydrogen-bond donors (Lipinski definition) is 0. The zero-order valence-corrected chi connectivity index (χ0v) is 16.8. The monoisotopic (exact) mass is 377 g/mol. The number of aryl methyl sites for hydroxylation is 1. The number of carbonyl (C=O) groups excluding carboxylic acids is 1. The van der Waals surface area contributed by atoms with E-state index in [0.29, 0.717) is 18.4 Å². The number of hydrogen-bond acceptors (Lipinski definition) is 6.